The van der Waals surface area contributed by atoms with E-state index in [-0.39, 0.29) is 5.43 Å². The molecule has 0 fully saturated rings. The van der Waals surface area contributed by atoms with E-state index < -0.39 is 0 Å². The monoisotopic (exact) mass is 550 g/mol. The fourth-order valence-corrected chi connectivity index (χ4v) is 9.95. The smallest absolute Gasteiger partial charge is 0.194 e. The maximum absolute atomic E-state index is 14.7. The molecule has 44 heavy (non-hydrogen) atoms. The second kappa shape index (κ2) is 6.41. The summed E-state index contributed by atoms with van der Waals surface area (Å²) in [6.07, 6.45) is 0. The Labute approximate surface area is 248 Å². The highest BCUT2D eigenvalue weighted by atomic mass is 16.1. The molecule has 196 valence electrons. The van der Waals surface area contributed by atoms with Crippen molar-refractivity contribution in [2.45, 2.75) is 0 Å². The fourth-order valence-electron chi connectivity index (χ4n) is 9.95. The minimum atomic E-state index is 0.125. The van der Waals surface area contributed by atoms with Gasteiger partial charge in [-0.1, -0.05) is 109 Å². The molecule has 0 saturated carbocycles. The predicted octanol–water partition coefficient (Wildman–Crippen LogP) is 11.5. The van der Waals surface area contributed by atoms with Crippen LogP contribution in [-0.4, -0.2) is 0 Å². The highest BCUT2D eigenvalue weighted by Gasteiger charge is 2.30. The second-order valence-electron chi connectivity index (χ2n) is 12.9. The lowest BCUT2D eigenvalue weighted by Gasteiger charge is -2.27. The van der Waals surface area contributed by atoms with Crippen LogP contribution in [0.3, 0.4) is 0 Å². The van der Waals surface area contributed by atoms with Crippen LogP contribution in [0.4, 0.5) is 0 Å². The van der Waals surface area contributed by atoms with Gasteiger partial charge >= 0.3 is 0 Å². The molecular formula is C43H18O. The lowest BCUT2D eigenvalue weighted by molar-refractivity contribution is 1.78. The molecule has 0 saturated heterocycles. The largest absolute Gasteiger partial charge is 0.289 e. The van der Waals surface area contributed by atoms with Gasteiger partial charge in [-0.25, -0.2) is 0 Å². The van der Waals surface area contributed by atoms with Crippen molar-refractivity contribution < 1.29 is 0 Å². The Bertz CT molecular complexity index is 3180. The first-order valence-electron chi connectivity index (χ1n) is 15.4. The van der Waals surface area contributed by atoms with E-state index in [0.717, 1.165) is 21.5 Å². The van der Waals surface area contributed by atoms with Crippen molar-refractivity contribution in [3.63, 3.8) is 0 Å². The van der Waals surface area contributed by atoms with Crippen LogP contribution in [0.15, 0.2) is 114 Å². The zero-order chi connectivity index (χ0) is 28.2. The molecule has 0 aliphatic rings. The van der Waals surface area contributed by atoms with Crippen molar-refractivity contribution in [2.75, 3.05) is 0 Å². The Kier molecular flexibility index (Phi) is 3.06. The molecule has 0 spiro atoms. The van der Waals surface area contributed by atoms with Gasteiger partial charge < -0.3 is 0 Å². The molecular weight excluding hydrogens is 532 g/mol. The van der Waals surface area contributed by atoms with E-state index in [2.05, 4.69) is 109 Å². The summed E-state index contributed by atoms with van der Waals surface area (Å²) in [7, 11) is 0. The van der Waals surface area contributed by atoms with E-state index in [1.165, 1.54) is 108 Å². The van der Waals surface area contributed by atoms with Gasteiger partial charge in [-0.15, -0.1) is 0 Å². The van der Waals surface area contributed by atoms with Crippen LogP contribution in [-0.2, 0) is 0 Å². The van der Waals surface area contributed by atoms with Gasteiger partial charge in [-0.2, -0.15) is 0 Å². The normalized spacial score (nSPS) is 13.5. The van der Waals surface area contributed by atoms with Crippen LogP contribution in [0.25, 0.3) is 129 Å². The number of fused-ring (bicyclic) bond motifs is 5. The molecule has 0 radical (unpaired) electrons. The van der Waals surface area contributed by atoms with Crippen LogP contribution < -0.4 is 5.43 Å². The van der Waals surface area contributed by atoms with Gasteiger partial charge in [-0.3, -0.25) is 4.79 Å². The Hall–Kier alpha value is -5.79. The summed E-state index contributed by atoms with van der Waals surface area (Å²) in [6, 6.07) is 40.1. The average Bonchev–Trinajstić information content (AvgIpc) is 3.19. The highest BCUT2D eigenvalue weighted by molar-refractivity contribution is 6.59. The first kappa shape index (κ1) is 21.0. The van der Waals surface area contributed by atoms with Crippen molar-refractivity contribution in [1.29, 1.82) is 0 Å². The van der Waals surface area contributed by atoms with E-state index in [1.807, 2.05) is 0 Å². The summed E-state index contributed by atoms with van der Waals surface area (Å²) in [5, 5.41) is 29.7. The summed E-state index contributed by atoms with van der Waals surface area (Å²) in [5.74, 6) is 0. The maximum atomic E-state index is 14.7. The first-order valence-corrected chi connectivity index (χ1v) is 15.4. The lowest BCUT2D eigenvalue weighted by Crippen LogP contribution is -1.98. The van der Waals surface area contributed by atoms with Crippen LogP contribution in [0.5, 0.6) is 0 Å². The fraction of sp³-hybridized carbons (Fsp3) is 0. The van der Waals surface area contributed by atoms with E-state index in [1.54, 1.807) is 0 Å². The summed E-state index contributed by atoms with van der Waals surface area (Å²) in [5.41, 5.74) is 0.125. The van der Waals surface area contributed by atoms with Gasteiger partial charge in [0.1, 0.15) is 0 Å². The van der Waals surface area contributed by atoms with Gasteiger partial charge in [0.05, 0.1) is 0 Å². The number of benzene rings is 12. The van der Waals surface area contributed by atoms with Crippen LogP contribution >= 0.6 is 0 Å². The third-order valence-corrected chi connectivity index (χ3v) is 11.3. The standard InChI is InChI=1S/C43H18O/c44-43-29-17-5-15-27-25-13-3-11-23-21-9-1-7-19-20-8-2-10-22-24-12-4-14-26-28-16-6-18-30(43)36(28)42-40(34(24)26)38(32(20)22)37(31(19)21)39(33(23)25)41(42)35(27)29/h1-18H. The summed E-state index contributed by atoms with van der Waals surface area (Å²) >= 11 is 0. The third-order valence-electron chi connectivity index (χ3n) is 11.3. The van der Waals surface area contributed by atoms with Crippen molar-refractivity contribution in [1.82, 2.24) is 0 Å². The van der Waals surface area contributed by atoms with Gasteiger partial charge in [0.2, 0.25) is 0 Å². The van der Waals surface area contributed by atoms with E-state index in [9.17, 15) is 4.79 Å². The average molecular weight is 551 g/mol. The summed E-state index contributed by atoms with van der Waals surface area (Å²) < 4.78 is 0. The maximum Gasteiger partial charge on any atom is 0.194 e. The Morgan fingerprint density at radius 3 is 0.568 bits per heavy atom. The Balaban J connectivity index is 1.66. The molecule has 0 atom stereocenters. The third kappa shape index (κ3) is 1.89. The van der Waals surface area contributed by atoms with Gasteiger partial charge in [-0.05, 0) is 97.0 Å². The predicted molar refractivity (Wildman–Crippen MR) is 190 cm³/mol. The van der Waals surface area contributed by atoms with E-state index in [4.69, 9.17) is 0 Å². The van der Waals surface area contributed by atoms with Crippen LogP contribution in [0.1, 0.15) is 0 Å². The van der Waals surface area contributed by atoms with E-state index >= 15 is 0 Å². The molecule has 1 heteroatoms. The molecule has 13 aromatic rings. The molecule has 13 aromatic carbocycles. The van der Waals surface area contributed by atoms with Crippen molar-refractivity contribution in [2.24, 2.45) is 0 Å². The first-order chi connectivity index (χ1) is 21.8. The minimum absolute atomic E-state index is 0.125. The zero-order valence-corrected chi connectivity index (χ0v) is 23.3. The Morgan fingerprint density at radius 1 is 0.205 bits per heavy atom. The van der Waals surface area contributed by atoms with E-state index in [0.29, 0.717) is 0 Å². The van der Waals surface area contributed by atoms with Crippen LogP contribution in [0, 0.1) is 0 Å². The molecule has 13 rings (SSSR count). The quantitative estimate of drug-likeness (QED) is 0.136. The number of rotatable bonds is 0. The van der Waals surface area contributed by atoms with Gasteiger partial charge in [0, 0.05) is 32.3 Å². The molecule has 0 amide bonds. The molecule has 0 aliphatic heterocycles. The zero-order valence-electron chi connectivity index (χ0n) is 23.3. The summed E-state index contributed by atoms with van der Waals surface area (Å²) in [6.45, 7) is 0. The lowest BCUT2D eigenvalue weighted by atomic mass is 9.75. The Morgan fingerprint density at radius 2 is 0.364 bits per heavy atom. The number of hydrogen-bond donors (Lipinski definition) is 0. The molecule has 0 aliphatic carbocycles. The molecule has 0 heterocycles. The number of hydrogen-bond acceptors (Lipinski definition) is 1. The molecule has 1 nitrogen and oxygen atoms in total. The molecule has 0 bridgehead atoms. The molecule has 0 aromatic heterocycles. The van der Waals surface area contributed by atoms with Crippen LogP contribution in [0.2, 0.25) is 0 Å². The molecule has 0 unspecified atom stereocenters. The van der Waals surface area contributed by atoms with Gasteiger partial charge in [0.15, 0.2) is 5.43 Å². The van der Waals surface area contributed by atoms with Crippen molar-refractivity contribution >= 4 is 129 Å². The molecule has 0 N–H and O–H groups in total. The van der Waals surface area contributed by atoms with Crippen molar-refractivity contribution in [3.05, 3.63) is 119 Å². The highest BCUT2D eigenvalue weighted by Crippen LogP contribution is 2.58. The topological polar surface area (TPSA) is 17.1 Å². The van der Waals surface area contributed by atoms with Crippen molar-refractivity contribution in [3.8, 4) is 0 Å². The van der Waals surface area contributed by atoms with Gasteiger partial charge in [0.25, 0.3) is 0 Å². The second-order valence-corrected chi connectivity index (χ2v) is 12.9. The SMILES string of the molecule is O=c1c2cccc3c4cccc5c6cccc7c8cccc9c%10cccc%11c%12cccc1c%12c1c(c23)c(c45)c(c67)c(c98)c1c%11%10. The minimum Gasteiger partial charge on any atom is -0.289 e. The summed E-state index contributed by atoms with van der Waals surface area (Å²) in [4.78, 5) is 14.7.